The highest BCUT2D eigenvalue weighted by molar-refractivity contribution is 5.95. The number of anilines is 1. The number of hydrogen-bond donors (Lipinski definition) is 1. The maximum absolute atomic E-state index is 14.0. The van der Waals surface area contributed by atoms with Gasteiger partial charge in [-0.2, -0.15) is 0 Å². The highest BCUT2D eigenvalue weighted by atomic mass is 19.1. The molecule has 1 heterocycles. The second-order valence-electron chi connectivity index (χ2n) is 6.42. The van der Waals surface area contributed by atoms with Crippen LogP contribution in [0, 0.1) is 11.6 Å². The number of hydrogen-bond acceptors (Lipinski definition) is 2. The maximum atomic E-state index is 14.0. The van der Waals surface area contributed by atoms with Gasteiger partial charge in [-0.3, -0.25) is 9.78 Å². The summed E-state index contributed by atoms with van der Waals surface area (Å²) >= 11 is 0. The highest BCUT2D eigenvalue weighted by Crippen LogP contribution is 2.28. The summed E-state index contributed by atoms with van der Waals surface area (Å²) in [6.07, 6.45) is 1.79. The van der Waals surface area contributed by atoms with Crippen LogP contribution < -0.4 is 5.32 Å². The van der Waals surface area contributed by atoms with Crippen molar-refractivity contribution in [3.8, 4) is 11.1 Å². The zero-order chi connectivity index (χ0) is 19.5. The quantitative estimate of drug-likeness (QED) is 0.522. The van der Waals surface area contributed by atoms with Gasteiger partial charge in [-0.25, -0.2) is 8.78 Å². The molecule has 5 heteroatoms. The number of fused-ring (bicyclic) bond motifs is 1. The lowest BCUT2D eigenvalue weighted by atomic mass is 9.99. The summed E-state index contributed by atoms with van der Waals surface area (Å²) in [6, 6.07) is 19.9. The maximum Gasteiger partial charge on any atom is 0.228 e. The zero-order valence-electron chi connectivity index (χ0n) is 14.8. The van der Waals surface area contributed by atoms with Crippen molar-refractivity contribution in [2.45, 2.75) is 6.42 Å². The number of nitrogens with one attached hydrogen (secondary N) is 1. The molecule has 0 aliphatic rings. The van der Waals surface area contributed by atoms with Gasteiger partial charge in [-0.15, -0.1) is 0 Å². The van der Waals surface area contributed by atoms with E-state index in [0.29, 0.717) is 11.2 Å². The van der Waals surface area contributed by atoms with Gasteiger partial charge in [0.2, 0.25) is 5.91 Å². The lowest BCUT2D eigenvalue weighted by Crippen LogP contribution is -2.14. The van der Waals surface area contributed by atoms with E-state index in [1.807, 2.05) is 36.4 Å². The number of rotatable bonds is 4. The Morgan fingerprint density at radius 1 is 0.893 bits per heavy atom. The molecule has 0 fully saturated rings. The van der Waals surface area contributed by atoms with E-state index in [1.165, 1.54) is 30.3 Å². The molecular formula is C23H16F2N2O. The number of halogens is 2. The van der Waals surface area contributed by atoms with E-state index in [0.717, 1.165) is 22.1 Å². The third-order valence-electron chi connectivity index (χ3n) is 4.48. The van der Waals surface area contributed by atoms with Crippen LogP contribution in [0.3, 0.4) is 0 Å². The molecule has 4 rings (SSSR count). The van der Waals surface area contributed by atoms with Crippen molar-refractivity contribution in [2.75, 3.05) is 5.32 Å². The second kappa shape index (κ2) is 7.56. The number of aromatic nitrogens is 1. The van der Waals surface area contributed by atoms with Gasteiger partial charge in [0, 0.05) is 17.3 Å². The van der Waals surface area contributed by atoms with Gasteiger partial charge in [0.05, 0.1) is 6.42 Å². The predicted molar refractivity (Wildman–Crippen MR) is 106 cm³/mol. The smallest absolute Gasteiger partial charge is 0.228 e. The summed E-state index contributed by atoms with van der Waals surface area (Å²) < 4.78 is 26.9. The molecule has 0 atom stereocenters. The van der Waals surface area contributed by atoms with Gasteiger partial charge in [0.1, 0.15) is 17.2 Å². The van der Waals surface area contributed by atoms with E-state index in [1.54, 1.807) is 12.3 Å². The van der Waals surface area contributed by atoms with Crippen LogP contribution in [0.1, 0.15) is 5.56 Å². The molecule has 0 unspecified atom stereocenters. The number of pyridine rings is 1. The number of amides is 1. The molecule has 1 amide bonds. The molecule has 0 saturated heterocycles. The molecule has 4 aromatic rings. The van der Waals surface area contributed by atoms with E-state index in [2.05, 4.69) is 10.3 Å². The summed E-state index contributed by atoms with van der Waals surface area (Å²) in [5.41, 5.74) is 3.52. The Morgan fingerprint density at radius 3 is 2.39 bits per heavy atom. The highest BCUT2D eigenvalue weighted by Gasteiger charge is 2.09. The molecule has 0 saturated carbocycles. The Balaban J connectivity index is 1.52. The van der Waals surface area contributed by atoms with Crippen molar-refractivity contribution in [3.63, 3.8) is 0 Å². The van der Waals surface area contributed by atoms with Crippen molar-refractivity contribution in [1.29, 1.82) is 0 Å². The van der Waals surface area contributed by atoms with Crippen LogP contribution in [0.4, 0.5) is 14.5 Å². The van der Waals surface area contributed by atoms with E-state index in [-0.39, 0.29) is 24.0 Å². The van der Waals surface area contributed by atoms with E-state index in [4.69, 9.17) is 0 Å². The van der Waals surface area contributed by atoms with Crippen LogP contribution in [0.15, 0.2) is 79.0 Å². The first-order valence-corrected chi connectivity index (χ1v) is 8.78. The van der Waals surface area contributed by atoms with Crippen LogP contribution in [0.25, 0.3) is 22.0 Å². The van der Waals surface area contributed by atoms with Crippen LogP contribution in [0.5, 0.6) is 0 Å². The molecule has 0 aliphatic carbocycles. The minimum atomic E-state index is -0.353. The monoisotopic (exact) mass is 374 g/mol. The van der Waals surface area contributed by atoms with Crippen molar-refractivity contribution in [1.82, 2.24) is 4.98 Å². The molecule has 1 aromatic heterocycles. The summed E-state index contributed by atoms with van der Waals surface area (Å²) in [5.74, 6) is -0.888. The minimum absolute atomic E-state index is 0.184. The van der Waals surface area contributed by atoms with Crippen molar-refractivity contribution in [3.05, 3.63) is 96.2 Å². The fourth-order valence-corrected chi connectivity index (χ4v) is 3.12. The Kier molecular flexibility index (Phi) is 4.81. The number of carbonyl (C=O) groups excluding carboxylic acids is 1. The molecule has 3 nitrogen and oxygen atoms in total. The molecule has 0 spiro atoms. The third kappa shape index (κ3) is 3.74. The van der Waals surface area contributed by atoms with E-state index >= 15 is 0 Å². The number of nitrogens with zero attached hydrogens (tertiary/aromatic N) is 1. The number of carbonyl (C=O) groups is 1. The Labute approximate surface area is 160 Å². The Morgan fingerprint density at radius 2 is 1.64 bits per heavy atom. The van der Waals surface area contributed by atoms with Gasteiger partial charge in [-0.1, -0.05) is 36.4 Å². The summed E-state index contributed by atoms with van der Waals surface area (Å²) in [7, 11) is 0. The van der Waals surface area contributed by atoms with E-state index < -0.39 is 0 Å². The van der Waals surface area contributed by atoms with Crippen LogP contribution >= 0.6 is 0 Å². The fraction of sp³-hybridized carbons (Fsp3) is 0.0435. The third-order valence-corrected chi connectivity index (χ3v) is 4.48. The largest absolute Gasteiger partial charge is 0.326 e. The first kappa shape index (κ1) is 17.8. The van der Waals surface area contributed by atoms with Gasteiger partial charge in [0.25, 0.3) is 0 Å². The Bertz CT molecular complexity index is 1140. The van der Waals surface area contributed by atoms with Crippen molar-refractivity contribution in [2.24, 2.45) is 0 Å². The van der Waals surface area contributed by atoms with Gasteiger partial charge in [0.15, 0.2) is 0 Å². The van der Waals surface area contributed by atoms with Crippen molar-refractivity contribution >= 4 is 22.5 Å². The van der Waals surface area contributed by atoms with Crippen molar-refractivity contribution < 1.29 is 13.6 Å². The zero-order valence-corrected chi connectivity index (χ0v) is 14.8. The van der Waals surface area contributed by atoms with Gasteiger partial charge in [-0.05, 0) is 53.1 Å². The first-order chi connectivity index (χ1) is 13.6. The standard InChI is InChI=1S/C23H16F2N2O/c24-17-8-10-18(11-9-17)27-22(28)14-15-4-6-16(7-5-15)19-12-13-26-23-20(19)2-1-3-21(23)25/h1-13H,14H2,(H,27,28). The average molecular weight is 374 g/mol. The van der Waals surface area contributed by atoms with Crippen LogP contribution in [-0.2, 0) is 11.2 Å². The van der Waals surface area contributed by atoms with Gasteiger partial charge >= 0.3 is 0 Å². The fourth-order valence-electron chi connectivity index (χ4n) is 3.12. The average Bonchev–Trinajstić information content (AvgIpc) is 2.70. The SMILES string of the molecule is O=C(Cc1ccc(-c2ccnc3c(F)cccc23)cc1)Nc1ccc(F)cc1. The molecule has 28 heavy (non-hydrogen) atoms. The predicted octanol–water partition coefficient (Wildman–Crippen LogP) is 5.36. The van der Waals surface area contributed by atoms with E-state index in [9.17, 15) is 13.6 Å². The minimum Gasteiger partial charge on any atom is -0.326 e. The summed E-state index contributed by atoms with van der Waals surface area (Å²) in [6.45, 7) is 0. The van der Waals surface area contributed by atoms with Crippen LogP contribution in [-0.4, -0.2) is 10.9 Å². The Hall–Kier alpha value is -3.60. The lowest BCUT2D eigenvalue weighted by Gasteiger charge is -2.09. The topological polar surface area (TPSA) is 42.0 Å². The molecular weight excluding hydrogens is 358 g/mol. The first-order valence-electron chi connectivity index (χ1n) is 8.78. The molecule has 1 N–H and O–H groups in total. The molecule has 0 aliphatic heterocycles. The number of para-hydroxylation sites is 1. The summed E-state index contributed by atoms with van der Waals surface area (Å²) in [5, 5.41) is 3.48. The lowest BCUT2D eigenvalue weighted by molar-refractivity contribution is -0.115. The molecule has 3 aromatic carbocycles. The number of benzene rings is 3. The molecule has 0 bridgehead atoms. The van der Waals surface area contributed by atoms with Crippen LogP contribution in [0.2, 0.25) is 0 Å². The normalized spacial score (nSPS) is 10.8. The molecule has 0 radical (unpaired) electrons. The summed E-state index contributed by atoms with van der Waals surface area (Å²) in [4.78, 5) is 16.3. The molecule has 138 valence electrons. The second-order valence-corrected chi connectivity index (χ2v) is 6.42. The van der Waals surface area contributed by atoms with Gasteiger partial charge < -0.3 is 5.32 Å².